The van der Waals surface area contributed by atoms with E-state index in [4.69, 9.17) is 9.47 Å². The molecule has 3 rings (SSSR count). The lowest BCUT2D eigenvalue weighted by Gasteiger charge is -2.31. The molecular formula is C15H18N2O4. The zero-order valence-electron chi connectivity index (χ0n) is 12.1. The zero-order chi connectivity index (χ0) is 15.0. The van der Waals surface area contributed by atoms with Crippen LogP contribution in [0, 0.1) is 6.92 Å². The number of cyclic esters (lactones) is 1. The van der Waals surface area contributed by atoms with Crippen LogP contribution >= 0.6 is 0 Å². The second-order valence-electron chi connectivity index (χ2n) is 5.34. The summed E-state index contributed by atoms with van der Waals surface area (Å²) < 4.78 is 9.86. The van der Waals surface area contributed by atoms with Crippen LogP contribution in [0.3, 0.4) is 0 Å². The van der Waals surface area contributed by atoms with Crippen molar-refractivity contribution in [1.82, 2.24) is 10.6 Å². The van der Waals surface area contributed by atoms with Crippen LogP contribution in [-0.2, 0) is 20.9 Å². The Balaban J connectivity index is 1.87. The zero-order valence-corrected chi connectivity index (χ0v) is 12.1. The van der Waals surface area contributed by atoms with Gasteiger partial charge in [0.05, 0.1) is 12.7 Å². The monoisotopic (exact) mass is 290 g/mol. The topological polar surface area (TPSA) is 76.7 Å². The van der Waals surface area contributed by atoms with Crippen molar-refractivity contribution in [2.24, 2.45) is 0 Å². The van der Waals surface area contributed by atoms with Crippen molar-refractivity contribution >= 4 is 11.9 Å². The normalized spacial score (nSPS) is 24.4. The van der Waals surface area contributed by atoms with Gasteiger partial charge in [-0.3, -0.25) is 10.1 Å². The Kier molecular flexibility index (Phi) is 3.65. The summed E-state index contributed by atoms with van der Waals surface area (Å²) in [4.78, 5) is 23.2. The van der Waals surface area contributed by atoms with E-state index in [1.165, 1.54) is 7.11 Å². The highest BCUT2D eigenvalue weighted by atomic mass is 16.5. The van der Waals surface area contributed by atoms with Gasteiger partial charge in [-0.2, -0.15) is 0 Å². The number of hydrogen-bond acceptors (Lipinski definition) is 6. The fraction of sp³-hybridized carbons (Fsp3) is 0.467. The van der Waals surface area contributed by atoms with Crippen LogP contribution in [0.5, 0.6) is 0 Å². The number of piperazine rings is 1. The van der Waals surface area contributed by atoms with Crippen LogP contribution in [0.4, 0.5) is 0 Å². The summed E-state index contributed by atoms with van der Waals surface area (Å²) in [6.45, 7) is 3.59. The molecule has 1 aromatic carbocycles. The summed E-state index contributed by atoms with van der Waals surface area (Å²) in [5.74, 6) is -0.536. The van der Waals surface area contributed by atoms with Gasteiger partial charge in [0.1, 0.15) is 12.6 Å². The third-order valence-corrected chi connectivity index (χ3v) is 4.17. The Morgan fingerprint density at radius 3 is 2.95 bits per heavy atom. The van der Waals surface area contributed by atoms with E-state index in [9.17, 15) is 9.59 Å². The Hall–Kier alpha value is -1.92. The van der Waals surface area contributed by atoms with E-state index < -0.39 is 0 Å². The van der Waals surface area contributed by atoms with Gasteiger partial charge in [-0.25, -0.2) is 4.79 Å². The summed E-state index contributed by atoms with van der Waals surface area (Å²) >= 11 is 0. The molecule has 2 N–H and O–H groups in total. The van der Waals surface area contributed by atoms with Crippen LogP contribution in [0.15, 0.2) is 12.1 Å². The Labute approximate surface area is 122 Å². The molecule has 1 fully saturated rings. The first-order chi connectivity index (χ1) is 10.1. The van der Waals surface area contributed by atoms with E-state index in [0.717, 1.165) is 23.2 Å². The SMILES string of the molecule is COC(=O)C1CNCC(c2ccc3c(c2C)COC3=O)N1. The Morgan fingerprint density at radius 1 is 1.38 bits per heavy atom. The average Bonchev–Trinajstić information content (AvgIpc) is 2.89. The fourth-order valence-electron chi connectivity index (χ4n) is 2.97. The smallest absolute Gasteiger partial charge is 0.338 e. The molecule has 0 bridgehead atoms. The largest absolute Gasteiger partial charge is 0.468 e. The molecule has 2 unspecified atom stereocenters. The first-order valence-corrected chi connectivity index (χ1v) is 6.96. The third kappa shape index (κ3) is 2.41. The maximum atomic E-state index is 11.7. The number of carbonyl (C=O) groups excluding carboxylic acids is 2. The molecule has 21 heavy (non-hydrogen) atoms. The molecular weight excluding hydrogens is 272 g/mol. The van der Waals surface area contributed by atoms with Crippen LogP contribution in [0.1, 0.15) is 33.1 Å². The molecule has 2 atom stereocenters. The average molecular weight is 290 g/mol. The summed E-state index contributed by atoms with van der Waals surface area (Å²) in [7, 11) is 1.39. The predicted octanol–water partition coefficient (Wildman–Crippen LogP) is 0.441. The molecule has 0 spiro atoms. The van der Waals surface area contributed by atoms with Crippen molar-refractivity contribution in [2.45, 2.75) is 25.6 Å². The van der Waals surface area contributed by atoms with E-state index in [1.807, 2.05) is 13.0 Å². The number of ether oxygens (including phenoxy) is 2. The Morgan fingerprint density at radius 2 is 2.19 bits per heavy atom. The van der Waals surface area contributed by atoms with Crippen LogP contribution in [0.25, 0.3) is 0 Å². The molecule has 112 valence electrons. The Bertz CT molecular complexity index is 600. The summed E-state index contributed by atoms with van der Waals surface area (Å²) in [6, 6.07) is 3.37. The predicted molar refractivity (Wildman–Crippen MR) is 74.8 cm³/mol. The molecule has 0 radical (unpaired) electrons. The summed E-state index contributed by atoms with van der Waals surface area (Å²) in [6.07, 6.45) is 0. The molecule has 6 heteroatoms. The molecule has 2 heterocycles. The number of rotatable bonds is 2. The molecule has 0 saturated carbocycles. The van der Waals surface area contributed by atoms with E-state index in [2.05, 4.69) is 10.6 Å². The number of methoxy groups -OCH3 is 1. The number of nitrogens with one attached hydrogen (secondary N) is 2. The van der Waals surface area contributed by atoms with Gasteiger partial charge in [0.25, 0.3) is 0 Å². The van der Waals surface area contributed by atoms with Crippen LogP contribution in [-0.4, -0.2) is 38.2 Å². The molecule has 0 amide bonds. The van der Waals surface area contributed by atoms with Crippen molar-refractivity contribution in [2.75, 3.05) is 20.2 Å². The van der Waals surface area contributed by atoms with Gasteiger partial charge >= 0.3 is 11.9 Å². The maximum Gasteiger partial charge on any atom is 0.338 e. The van der Waals surface area contributed by atoms with Crippen LogP contribution < -0.4 is 10.6 Å². The number of benzene rings is 1. The molecule has 0 aliphatic carbocycles. The summed E-state index contributed by atoms with van der Waals surface area (Å²) in [5.41, 5.74) is 3.71. The number of hydrogen-bond donors (Lipinski definition) is 2. The molecule has 6 nitrogen and oxygen atoms in total. The number of esters is 2. The third-order valence-electron chi connectivity index (χ3n) is 4.17. The van der Waals surface area contributed by atoms with Gasteiger partial charge in [-0.15, -0.1) is 0 Å². The molecule has 1 saturated heterocycles. The number of fused-ring (bicyclic) bond motifs is 1. The second-order valence-corrected chi connectivity index (χ2v) is 5.34. The van der Waals surface area contributed by atoms with Gasteiger partial charge in [-0.05, 0) is 24.1 Å². The minimum Gasteiger partial charge on any atom is -0.468 e. The highest BCUT2D eigenvalue weighted by molar-refractivity contribution is 5.94. The highest BCUT2D eigenvalue weighted by Crippen LogP contribution is 2.29. The fourth-order valence-corrected chi connectivity index (χ4v) is 2.97. The molecule has 0 aromatic heterocycles. The lowest BCUT2D eigenvalue weighted by atomic mass is 9.92. The maximum absolute atomic E-state index is 11.7. The molecule has 2 aliphatic heterocycles. The van der Waals surface area contributed by atoms with Crippen molar-refractivity contribution < 1.29 is 19.1 Å². The van der Waals surface area contributed by atoms with Crippen LogP contribution in [0.2, 0.25) is 0 Å². The van der Waals surface area contributed by atoms with Gasteiger partial charge < -0.3 is 14.8 Å². The van der Waals surface area contributed by atoms with Gasteiger partial charge in [-0.1, -0.05) is 6.07 Å². The van der Waals surface area contributed by atoms with E-state index in [1.54, 1.807) is 6.07 Å². The van der Waals surface area contributed by atoms with Crippen molar-refractivity contribution in [3.05, 3.63) is 34.4 Å². The first-order valence-electron chi connectivity index (χ1n) is 6.96. The minimum absolute atomic E-state index is 0.00357. The van der Waals surface area contributed by atoms with Gasteiger partial charge in [0.15, 0.2) is 0 Å². The lowest BCUT2D eigenvalue weighted by Crippen LogP contribution is -2.54. The number of carbonyl (C=O) groups is 2. The lowest BCUT2D eigenvalue weighted by molar-refractivity contribution is -0.143. The quantitative estimate of drug-likeness (QED) is 0.770. The van der Waals surface area contributed by atoms with Gasteiger partial charge in [0, 0.05) is 24.7 Å². The standard InChI is InChI=1S/C15H18N2O4/c1-8-9(3-4-10-11(8)7-21-14(10)18)12-5-16-6-13(17-12)15(19)20-2/h3-4,12-13,16-17H,5-7H2,1-2H3. The van der Waals surface area contributed by atoms with E-state index in [-0.39, 0.29) is 24.0 Å². The van der Waals surface area contributed by atoms with Crippen molar-refractivity contribution in [3.8, 4) is 0 Å². The molecule has 2 aliphatic rings. The first kappa shape index (κ1) is 14.0. The van der Waals surface area contributed by atoms with E-state index in [0.29, 0.717) is 18.7 Å². The summed E-state index contributed by atoms with van der Waals surface area (Å²) in [5, 5.41) is 6.54. The van der Waals surface area contributed by atoms with Crippen molar-refractivity contribution in [3.63, 3.8) is 0 Å². The second kappa shape index (κ2) is 5.46. The van der Waals surface area contributed by atoms with E-state index >= 15 is 0 Å². The highest BCUT2D eigenvalue weighted by Gasteiger charge is 2.31. The van der Waals surface area contributed by atoms with Crippen molar-refractivity contribution in [1.29, 1.82) is 0 Å². The van der Waals surface area contributed by atoms with Gasteiger partial charge in [0.2, 0.25) is 0 Å². The minimum atomic E-state index is -0.362. The molecule has 1 aromatic rings.